The zero-order valence-electron chi connectivity index (χ0n) is 9.58. The number of aliphatic hydroxyl groups is 1. The summed E-state index contributed by atoms with van der Waals surface area (Å²) in [5, 5.41) is 9.75. The van der Waals surface area contributed by atoms with Gasteiger partial charge in [-0.2, -0.15) is 0 Å². The van der Waals surface area contributed by atoms with Crippen molar-refractivity contribution in [3.8, 4) is 0 Å². The molecule has 6 nitrogen and oxygen atoms in total. The molecule has 92 valence electrons. The van der Waals surface area contributed by atoms with E-state index >= 15 is 0 Å². The van der Waals surface area contributed by atoms with E-state index in [0.29, 0.717) is 0 Å². The number of ether oxygens (including phenoxy) is 3. The van der Waals surface area contributed by atoms with Gasteiger partial charge in [0.25, 0.3) is 0 Å². The highest BCUT2D eigenvalue weighted by atomic mass is 16.6. The van der Waals surface area contributed by atoms with Gasteiger partial charge in [-0.3, -0.25) is 9.59 Å². The Labute approximate surface area is 99.6 Å². The lowest BCUT2D eigenvalue weighted by molar-refractivity contribution is -0.157. The van der Waals surface area contributed by atoms with E-state index in [0.717, 1.165) is 0 Å². The third kappa shape index (κ3) is 1.83. The van der Waals surface area contributed by atoms with Crippen LogP contribution >= 0.6 is 0 Å². The molecule has 1 aliphatic heterocycles. The highest BCUT2D eigenvalue weighted by Crippen LogP contribution is 2.58. The zero-order valence-corrected chi connectivity index (χ0v) is 9.58. The fourth-order valence-corrected chi connectivity index (χ4v) is 2.31. The van der Waals surface area contributed by atoms with Crippen LogP contribution < -0.4 is 0 Å². The van der Waals surface area contributed by atoms with Gasteiger partial charge in [0.2, 0.25) is 0 Å². The van der Waals surface area contributed by atoms with Crippen LogP contribution in [-0.4, -0.2) is 55.8 Å². The molecule has 7 heteroatoms. The molecule has 2 radical (unpaired) electrons. The smallest absolute Gasteiger partial charge is 0.302 e. The lowest BCUT2D eigenvalue weighted by Gasteiger charge is -2.25. The van der Waals surface area contributed by atoms with E-state index in [2.05, 4.69) is 0 Å². The second kappa shape index (κ2) is 3.99. The number of rotatable bonds is 3. The molecule has 17 heavy (non-hydrogen) atoms. The predicted molar refractivity (Wildman–Crippen MR) is 55.0 cm³/mol. The molecule has 1 unspecified atom stereocenters. The SMILES string of the molecule is [B][C@@H]1O[C@@H]2C(O)[C@]2(COC(C)=O)[C@H]1OC(C)=O. The first-order valence-corrected chi connectivity index (χ1v) is 5.29. The minimum Gasteiger partial charge on any atom is -0.465 e. The van der Waals surface area contributed by atoms with Crippen LogP contribution in [0.25, 0.3) is 0 Å². The average Bonchev–Trinajstić information content (AvgIpc) is 2.64. The predicted octanol–water partition coefficient (Wildman–Crippen LogP) is -1.26. The molecule has 0 aromatic heterocycles. The lowest BCUT2D eigenvalue weighted by atomic mass is 9.85. The number of carbonyl (C=O) groups is 2. The summed E-state index contributed by atoms with van der Waals surface area (Å²) in [6.45, 7) is 2.44. The minimum atomic E-state index is -0.906. The molecule has 0 spiro atoms. The number of carbonyl (C=O) groups excluding carboxylic acids is 2. The summed E-state index contributed by atoms with van der Waals surface area (Å²) < 4.78 is 15.2. The quantitative estimate of drug-likeness (QED) is 0.489. The van der Waals surface area contributed by atoms with Gasteiger partial charge in [0.05, 0.1) is 18.2 Å². The molecular formula is C10H13BO6. The summed E-state index contributed by atoms with van der Waals surface area (Å²) in [5.41, 5.74) is -0.906. The van der Waals surface area contributed by atoms with E-state index in [4.69, 9.17) is 22.1 Å². The van der Waals surface area contributed by atoms with Crippen LogP contribution in [0.15, 0.2) is 0 Å². The van der Waals surface area contributed by atoms with Crippen LogP contribution in [0.2, 0.25) is 0 Å². The van der Waals surface area contributed by atoms with Gasteiger partial charge in [-0.1, -0.05) is 0 Å². The Bertz CT molecular complexity index is 359. The van der Waals surface area contributed by atoms with Crippen molar-refractivity contribution in [3.05, 3.63) is 0 Å². The lowest BCUT2D eigenvalue weighted by Crippen LogP contribution is -2.41. The van der Waals surface area contributed by atoms with Crippen molar-refractivity contribution in [1.82, 2.24) is 0 Å². The number of hydrogen-bond donors (Lipinski definition) is 1. The van der Waals surface area contributed by atoms with E-state index in [9.17, 15) is 14.7 Å². The average molecular weight is 240 g/mol. The van der Waals surface area contributed by atoms with Crippen molar-refractivity contribution in [3.63, 3.8) is 0 Å². The van der Waals surface area contributed by atoms with Crippen molar-refractivity contribution in [2.24, 2.45) is 5.41 Å². The molecular weight excluding hydrogens is 227 g/mol. The molecule has 1 N–H and O–H groups in total. The van der Waals surface area contributed by atoms with E-state index < -0.39 is 41.7 Å². The molecule has 1 saturated carbocycles. The number of esters is 2. The van der Waals surface area contributed by atoms with E-state index in [1.807, 2.05) is 0 Å². The highest BCUT2D eigenvalue weighted by Gasteiger charge is 2.77. The van der Waals surface area contributed by atoms with Crippen LogP contribution in [0.3, 0.4) is 0 Å². The summed E-state index contributed by atoms with van der Waals surface area (Å²) in [4.78, 5) is 21.8. The first kappa shape index (κ1) is 12.4. The summed E-state index contributed by atoms with van der Waals surface area (Å²) in [7, 11) is 5.65. The van der Waals surface area contributed by atoms with Crippen molar-refractivity contribution in [1.29, 1.82) is 0 Å². The molecule has 0 bridgehead atoms. The molecule has 1 heterocycles. The van der Waals surface area contributed by atoms with Gasteiger partial charge in [-0.25, -0.2) is 0 Å². The summed E-state index contributed by atoms with van der Waals surface area (Å²) in [6, 6.07) is -0.803. The highest BCUT2D eigenvalue weighted by molar-refractivity contribution is 6.12. The topological polar surface area (TPSA) is 82.1 Å². The second-order valence-electron chi connectivity index (χ2n) is 4.39. The Hall–Kier alpha value is -1.08. The van der Waals surface area contributed by atoms with Crippen LogP contribution in [0.4, 0.5) is 0 Å². The summed E-state index contributed by atoms with van der Waals surface area (Å²) in [6.07, 6.45) is -2.16. The molecule has 2 aliphatic rings. The van der Waals surface area contributed by atoms with Crippen molar-refractivity contribution in [2.75, 3.05) is 6.61 Å². The van der Waals surface area contributed by atoms with Crippen LogP contribution in [0.5, 0.6) is 0 Å². The van der Waals surface area contributed by atoms with E-state index in [1.54, 1.807) is 0 Å². The largest absolute Gasteiger partial charge is 0.465 e. The maximum Gasteiger partial charge on any atom is 0.302 e. The molecule has 0 aromatic rings. The van der Waals surface area contributed by atoms with Gasteiger partial charge < -0.3 is 19.3 Å². The van der Waals surface area contributed by atoms with Gasteiger partial charge in [0, 0.05) is 13.8 Å². The summed E-state index contributed by atoms with van der Waals surface area (Å²) in [5.74, 6) is -0.990. The Balaban J connectivity index is 2.11. The molecule has 0 amide bonds. The first-order chi connectivity index (χ1) is 7.89. The normalized spacial score (nSPS) is 42.8. The Kier molecular flexibility index (Phi) is 2.91. The zero-order chi connectivity index (χ0) is 12.8. The fraction of sp³-hybridized carbons (Fsp3) is 0.800. The standard InChI is InChI=1S/C10H13BO6/c1-4(12)15-3-10-6(14)7(10)17-9(11)8(10)16-5(2)13/h6-9,14H,3H2,1-2H3/t6?,7-,8+,9-,10+/m1/s1. The molecule has 0 aromatic carbocycles. The first-order valence-electron chi connectivity index (χ1n) is 5.29. The number of aliphatic hydroxyl groups excluding tert-OH is 1. The Morgan fingerprint density at radius 1 is 1.41 bits per heavy atom. The number of hydrogen-bond acceptors (Lipinski definition) is 6. The van der Waals surface area contributed by atoms with E-state index in [1.165, 1.54) is 13.8 Å². The molecule has 2 fully saturated rings. The van der Waals surface area contributed by atoms with Gasteiger partial charge in [0.15, 0.2) is 0 Å². The Morgan fingerprint density at radius 3 is 2.59 bits per heavy atom. The van der Waals surface area contributed by atoms with Crippen molar-refractivity contribution >= 4 is 19.8 Å². The summed E-state index contributed by atoms with van der Waals surface area (Å²) >= 11 is 0. The van der Waals surface area contributed by atoms with Crippen molar-refractivity contribution in [2.45, 2.75) is 38.2 Å². The van der Waals surface area contributed by atoms with E-state index in [-0.39, 0.29) is 6.61 Å². The second-order valence-corrected chi connectivity index (χ2v) is 4.39. The fourth-order valence-electron chi connectivity index (χ4n) is 2.31. The Morgan fingerprint density at radius 2 is 2.06 bits per heavy atom. The third-order valence-corrected chi connectivity index (χ3v) is 3.21. The van der Waals surface area contributed by atoms with Gasteiger partial charge in [0.1, 0.15) is 26.0 Å². The maximum atomic E-state index is 11.0. The van der Waals surface area contributed by atoms with Crippen LogP contribution in [-0.2, 0) is 23.8 Å². The van der Waals surface area contributed by atoms with Gasteiger partial charge in [-0.15, -0.1) is 0 Å². The molecule has 5 atom stereocenters. The van der Waals surface area contributed by atoms with Crippen LogP contribution in [0.1, 0.15) is 13.8 Å². The number of fused-ring (bicyclic) bond motifs is 1. The molecule has 1 saturated heterocycles. The maximum absolute atomic E-state index is 11.0. The third-order valence-electron chi connectivity index (χ3n) is 3.21. The van der Waals surface area contributed by atoms with Crippen molar-refractivity contribution < 1.29 is 28.9 Å². The molecule has 2 rings (SSSR count). The monoisotopic (exact) mass is 240 g/mol. The van der Waals surface area contributed by atoms with Gasteiger partial charge >= 0.3 is 11.9 Å². The minimum absolute atomic E-state index is 0.0696. The van der Waals surface area contributed by atoms with Crippen LogP contribution in [0, 0.1) is 5.41 Å². The molecule has 1 aliphatic carbocycles. The van der Waals surface area contributed by atoms with Gasteiger partial charge in [-0.05, 0) is 0 Å².